The van der Waals surface area contributed by atoms with Gasteiger partial charge in [0.25, 0.3) is 11.5 Å². The lowest BCUT2D eigenvalue weighted by Gasteiger charge is -2.23. The van der Waals surface area contributed by atoms with E-state index in [0.717, 1.165) is 36.8 Å². The first-order chi connectivity index (χ1) is 12.1. The Hall–Kier alpha value is -2.62. The van der Waals surface area contributed by atoms with Crippen molar-refractivity contribution < 1.29 is 4.79 Å². The third kappa shape index (κ3) is 4.47. The fraction of sp³-hybridized carbons (Fsp3) is 0.333. The predicted octanol–water partition coefficient (Wildman–Crippen LogP) is 3.60. The van der Waals surface area contributed by atoms with E-state index in [1.54, 1.807) is 24.4 Å². The van der Waals surface area contributed by atoms with Crippen molar-refractivity contribution in [2.45, 2.75) is 45.1 Å². The number of carbonyl (C=O) groups excluding carboxylic acids is 1. The minimum absolute atomic E-state index is 0.193. The number of hydrogen-bond donors (Lipinski definition) is 1. The molecule has 130 valence electrons. The second-order valence-electron chi connectivity index (χ2n) is 6.66. The van der Waals surface area contributed by atoms with E-state index in [9.17, 15) is 9.59 Å². The molecule has 1 fully saturated rings. The van der Waals surface area contributed by atoms with Gasteiger partial charge in [0.2, 0.25) is 0 Å². The Morgan fingerprint density at radius 1 is 1.12 bits per heavy atom. The summed E-state index contributed by atoms with van der Waals surface area (Å²) in [6.45, 7) is 2.01. The Labute approximate surface area is 148 Å². The van der Waals surface area contributed by atoms with Gasteiger partial charge in [-0.05, 0) is 37.5 Å². The van der Waals surface area contributed by atoms with Crippen LogP contribution < -0.4 is 10.9 Å². The quantitative estimate of drug-likeness (QED) is 0.867. The lowest BCUT2D eigenvalue weighted by Crippen LogP contribution is -2.38. The van der Waals surface area contributed by atoms with Gasteiger partial charge in [-0.1, -0.05) is 55.2 Å². The molecule has 1 saturated carbocycles. The lowest BCUT2D eigenvalue weighted by atomic mass is 9.95. The zero-order valence-electron chi connectivity index (χ0n) is 14.6. The normalized spacial score (nSPS) is 15.8. The molecule has 4 heteroatoms. The second-order valence-corrected chi connectivity index (χ2v) is 6.66. The van der Waals surface area contributed by atoms with Gasteiger partial charge >= 0.3 is 0 Å². The minimum atomic E-state index is -0.208. The average Bonchev–Trinajstić information content (AvgIpc) is 2.61. The molecular weight excluding hydrogens is 312 g/mol. The molecule has 1 heterocycles. The molecule has 0 atom stereocenters. The molecule has 1 N–H and O–H groups in total. The van der Waals surface area contributed by atoms with E-state index < -0.39 is 0 Å². The number of carbonyl (C=O) groups is 1. The van der Waals surface area contributed by atoms with E-state index in [4.69, 9.17) is 0 Å². The van der Waals surface area contributed by atoms with Crippen molar-refractivity contribution in [3.63, 3.8) is 0 Å². The zero-order valence-corrected chi connectivity index (χ0v) is 14.6. The Kier molecular flexibility index (Phi) is 5.49. The number of nitrogens with one attached hydrogen (secondary N) is 1. The molecular formula is C21H24N2O2. The first kappa shape index (κ1) is 17.2. The highest BCUT2D eigenvalue weighted by molar-refractivity contribution is 6.18. The fourth-order valence-electron chi connectivity index (χ4n) is 3.29. The second kappa shape index (κ2) is 7.97. The topological polar surface area (TPSA) is 51.1 Å². The van der Waals surface area contributed by atoms with Crippen LogP contribution in [0.5, 0.6) is 0 Å². The Morgan fingerprint density at radius 2 is 1.92 bits per heavy atom. The van der Waals surface area contributed by atoms with E-state index in [1.165, 1.54) is 17.1 Å². The number of amides is 1. The van der Waals surface area contributed by atoms with E-state index in [0.29, 0.717) is 5.70 Å². The molecule has 0 bridgehead atoms. The number of aromatic nitrogens is 1. The standard InChI is InChI=1S/C21H24N2O2/c1-16-8-7-9-17(14-16)15-19(23-13-6-5-12-20(23)24)21(25)22-18-10-3-2-4-11-18/h5-9,12-15,18H,2-4,10-11H2,1H3,(H,22,25)/b19-15+. The molecule has 1 amide bonds. The Morgan fingerprint density at radius 3 is 2.64 bits per heavy atom. The highest BCUT2D eigenvalue weighted by atomic mass is 16.2. The third-order valence-corrected chi connectivity index (χ3v) is 4.60. The number of aryl methyl sites for hydroxylation is 1. The summed E-state index contributed by atoms with van der Waals surface area (Å²) in [6.07, 6.45) is 8.97. The summed E-state index contributed by atoms with van der Waals surface area (Å²) in [4.78, 5) is 25.2. The molecule has 4 nitrogen and oxygen atoms in total. The van der Waals surface area contributed by atoms with E-state index in [1.807, 2.05) is 31.2 Å². The van der Waals surface area contributed by atoms with Crippen molar-refractivity contribution in [2.24, 2.45) is 0 Å². The molecule has 1 aliphatic rings. The number of rotatable bonds is 4. The molecule has 25 heavy (non-hydrogen) atoms. The van der Waals surface area contributed by atoms with Crippen LogP contribution in [0.25, 0.3) is 11.8 Å². The van der Waals surface area contributed by atoms with Crippen molar-refractivity contribution in [1.82, 2.24) is 9.88 Å². The number of hydrogen-bond acceptors (Lipinski definition) is 2. The first-order valence-corrected chi connectivity index (χ1v) is 8.91. The van der Waals surface area contributed by atoms with Gasteiger partial charge in [0.05, 0.1) is 0 Å². The highest BCUT2D eigenvalue weighted by Crippen LogP contribution is 2.19. The number of benzene rings is 1. The molecule has 1 aromatic heterocycles. The van der Waals surface area contributed by atoms with Crippen LogP contribution in [0.2, 0.25) is 0 Å². The monoisotopic (exact) mass is 336 g/mol. The largest absolute Gasteiger partial charge is 0.348 e. The molecule has 3 rings (SSSR count). The maximum atomic E-state index is 12.9. The number of pyridine rings is 1. The van der Waals surface area contributed by atoms with Gasteiger partial charge in [0.1, 0.15) is 5.70 Å². The molecule has 0 spiro atoms. The molecule has 1 aliphatic carbocycles. The van der Waals surface area contributed by atoms with Crippen LogP contribution in [-0.2, 0) is 4.79 Å². The molecule has 2 aromatic rings. The maximum Gasteiger partial charge on any atom is 0.268 e. The van der Waals surface area contributed by atoms with E-state index >= 15 is 0 Å². The van der Waals surface area contributed by atoms with Crippen LogP contribution in [-0.4, -0.2) is 16.5 Å². The Balaban J connectivity index is 1.95. The molecule has 0 unspecified atom stereocenters. The Bertz CT molecular complexity index is 830. The number of nitrogens with zero attached hydrogens (tertiary/aromatic N) is 1. The van der Waals surface area contributed by atoms with Crippen LogP contribution in [0.3, 0.4) is 0 Å². The van der Waals surface area contributed by atoms with Crippen molar-refractivity contribution in [3.05, 3.63) is 70.1 Å². The van der Waals surface area contributed by atoms with Crippen LogP contribution in [0.15, 0.2) is 53.5 Å². The van der Waals surface area contributed by atoms with Crippen molar-refractivity contribution >= 4 is 17.7 Å². The van der Waals surface area contributed by atoms with E-state index in [-0.39, 0.29) is 17.5 Å². The molecule has 1 aromatic carbocycles. The van der Waals surface area contributed by atoms with Crippen LogP contribution in [0.1, 0.15) is 43.2 Å². The van der Waals surface area contributed by atoms with E-state index in [2.05, 4.69) is 5.32 Å². The predicted molar refractivity (Wildman–Crippen MR) is 101 cm³/mol. The fourth-order valence-corrected chi connectivity index (χ4v) is 3.29. The highest BCUT2D eigenvalue weighted by Gasteiger charge is 2.19. The summed E-state index contributed by atoms with van der Waals surface area (Å²) in [7, 11) is 0. The summed E-state index contributed by atoms with van der Waals surface area (Å²) >= 11 is 0. The average molecular weight is 336 g/mol. The molecule has 0 radical (unpaired) electrons. The summed E-state index contributed by atoms with van der Waals surface area (Å²) in [5.41, 5.74) is 2.17. The van der Waals surface area contributed by atoms with Crippen molar-refractivity contribution in [2.75, 3.05) is 0 Å². The minimum Gasteiger partial charge on any atom is -0.348 e. The molecule has 0 saturated heterocycles. The van der Waals surface area contributed by atoms with Crippen LogP contribution >= 0.6 is 0 Å². The summed E-state index contributed by atoms with van der Waals surface area (Å²) in [5, 5.41) is 3.11. The first-order valence-electron chi connectivity index (χ1n) is 8.91. The van der Waals surface area contributed by atoms with Gasteiger partial charge in [-0.15, -0.1) is 0 Å². The van der Waals surface area contributed by atoms with Gasteiger partial charge in [-0.2, -0.15) is 0 Å². The molecule has 0 aliphatic heterocycles. The van der Waals surface area contributed by atoms with Gasteiger partial charge in [-0.25, -0.2) is 0 Å². The lowest BCUT2D eigenvalue weighted by molar-refractivity contribution is -0.116. The SMILES string of the molecule is Cc1cccc(/C=C(\C(=O)NC2CCCCC2)n2ccccc2=O)c1. The van der Waals surface area contributed by atoms with Crippen LogP contribution in [0, 0.1) is 6.92 Å². The summed E-state index contributed by atoms with van der Waals surface area (Å²) in [6, 6.07) is 13.0. The van der Waals surface area contributed by atoms with Gasteiger partial charge < -0.3 is 5.32 Å². The van der Waals surface area contributed by atoms with Crippen LogP contribution in [0.4, 0.5) is 0 Å². The van der Waals surface area contributed by atoms with Crippen molar-refractivity contribution in [1.29, 1.82) is 0 Å². The summed E-state index contributed by atoms with van der Waals surface area (Å²) in [5.74, 6) is -0.193. The smallest absolute Gasteiger partial charge is 0.268 e. The summed E-state index contributed by atoms with van der Waals surface area (Å²) < 4.78 is 1.42. The maximum absolute atomic E-state index is 12.9. The zero-order chi connectivity index (χ0) is 17.6. The van der Waals surface area contributed by atoms with Gasteiger partial charge in [0, 0.05) is 18.3 Å². The van der Waals surface area contributed by atoms with Crippen molar-refractivity contribution in [3.8, 4) is 0 Å². The van der Waals surface area contributed by atoms with Gasteiger partial charge in [0.15, 0.2) is 0 Å². The van der Waals surface area contributed by atoms with Gasteiger partial charge in [-0.3, -0.25) is 14.2 Å². The third-order valence-electron chi connectivity index (χ3n) is 4.60.